The van der Waals surface area contributed by atoms with Crippen molar-refractivity contribution in [2.75, 3.05) is 32.7 Å². The minimum Gasteiger partial charge on any atom is -0.419 e. The summed E-state index contributed by atoms with van der Waals surface area (Å²) >= 11 is 0. The van der Waals surface area contributed by atoms with Gasteiger partial charge < -0.3 is 9.73 Å². The van der Waals surface area contributed by atoms with Crippen molar-refractivity contribution in [1.82, 2.24) is 25.3 Å². The zero-order valence-electron chi connectivity index (χ0n) is 16.0. The SMILES string of the molecule is Cc1ccc(-c2nnc(C(C)N3CCN(CC(=O)NC4CC4)CC3)o2)cc1. The van der Waals surface area contributed by atoms with Crippen LogP contribution in [0.15, 0.2) is 28.7 Å². The Kier molecular flexibility index (Phi) is 5.22. The van der Waals surface area contributed by atoms with E-state index in [2.05, 4.69) is 39.2 Å². The lowest BCUT2D eigenvalue weighted by Crippen LogP contribution is -2.50. The molecule has 0 bridgehead atoms. The molecule has 27 heavy (non-hydrogen) atoms. The fourth-order valence-electron chi connectivity index (χ4n) is 3.39. The van der Waals surface area contributed by atoms with Crippen molar-refractivity contribution in [2.45, 2.75) is 38.8 Å². The van der Waals surface area contributed by atoms with Crippen LogP contribution in [-0.4, -0.2) is 64.7 Å². The highest BCUT2D eigenvalue weighted by Crippen LogP contribution is 2.25. The number of rotatable bonds is 6. The summed E-state index contributed by atoms with van der Waals surface area (Å²) in [5.74, 6) is 1.36. The Balaban J connectivity index is 1.30. The first-order valence-corrected chi connectivity index (χ1v) is 9.75. The minimum absolute atomic E-state index is 0.0686. The van der Waals surface area contributed by atoms with Gasteiger partial charge in [-0.1, -0.05) is 17.7 Å². The number of benzene rings is 1. The van der Waals surface area contributed by atoms with Gasteiger partial charge in [-0.05, 0) is 38.8 Å². The van der Waals surface area contributed by atoms with E-state index in [1.165, 1.54) is 5.56 Å². The molecule has 2 aliphatic rings. The van der Waals surface area contributed by atoms with E-state index < -0.39 is 0 Å². The molecule has 2 aromatic rings. The number of piperazine rings is 1. The molecule has 2 heterocycles. The van der Waals surface area contributed by atoms with Gasteiger partial charge in [-0.2, -0.15) is 0 Å². The number of hydrogen-bond acceptors (Lipinski definition) is 6. The molecule has 1 amide bonds. The monoisotopic (exact) mass is 369 g/mol. The summed E-state index contributed by atoms with van der Waals surface area (Å²) in [5.41, 5.74) is 2.15. The van der Waals surface area contributed by atoms with Crippen LogP contribution in [0, 0.1) is 6.92 Å². The molecule has 144 valence electrons. The predicted molar refractivity (Wildman–Crippen MR) is 102 cm³/mol. The third kappa shape index (κ3) is 4.54. The van der Waals surface area contributed by atoms with E-state index in [4.69, 9.17) is 4.42 Å². The van der Waals surface area contributed by atoms with Gasteiger partial charge in [0.15, 0.2) is 0 Å². The molecule has 1 atom stereocenters. The maximum absolute atomic E-state index is 12.0. The summed E-state index contributed by atoms with van der Waals surface area (Å²) in [6.45, 7) is 8.18. The van der Waals surface area contributed by atoms with E-state index >= 15 is 0 Å². The molecule has 1 aliphatic heterocycles. The number of nitrogens with zero attached hydrogens (tertiary/aromatic N) is 4. The van der Waals surface area contributed by atoms with E-state index in [-0.39, 0.29) is 11.9 Å². The van der Waals surface area contributed by atoms with Gasteiger partial charge >= 0.3 is 0 Å². The second-order valence-electron chi connectivity index (χ2n) is 7.64. The first kappa shape index (κ1) is 18.1. The summed E-state index contributed by atoms with van der Waals surface area (Å²) in [6, 6.07) is 8.59. The molecule has 0 radical (unpaired) electrons. The maximum atomic E-state index is 12.0. The van der Waals surface area contributed by atoms with E-state index in [0.29, 0.717) is 24.4 Å². The first-order chi connectivity index (χ1) is 13.1. The van der Waals surface area contributed by atoms with Crippen LogP contribution in [-0.2, 0) is 4.79 Å². The lowest BCUT2D eigenvalue weighted by molar-refractivity contribution is -0.122. The highest BCUT2D eigenvalue weighted by molar-refractivity contribution is 5.78. The average molecular weight is 369 g/mol. The standard InChI is InChI=1S/C20H27N5O2/c1-14-3-5-16(6-4-14)20-23-22-19(27-20)15(2)25-11-9-24(10-12-25)13-18(26)21-17-7-8-17/h3-6,15,17H,7-13H2,1-2H3,(H,21,26). The van der Waals surface area contributed by atoms with Crippen molar-refractivity contribution in [1.29, 1.82) is 0 Å². The smallest absolute Gasteiger partial charge is 0.247 e. The molecule has 1 aromatic heterocycles. The van der Waals surface area contributed by atoms with Crippen molar-refractivity contribution in [3.8, 4) is 11.5 Å². The summed E-state index contributed by atoms with van der Waals surface area (Å²) in [7, 11) is 0. The Morgan fingerprint density at radius 1 is 1.19 bits per heavy atom. The molecular weight excluding hydrogens is 342 g/mol. The number of aryl methyl sites for hydroxylation is 1. The Hall–Kier alpha value is -2.25. The molecule has 1 N–H and O–H groups in total. The average Bonchev–Trinajstić information content (AvgIpc) is 3.34. The zero-order valence-corrected chi connectivity index (χ0v) is 16.0. The third-order valence-electron chi connectivity index (χ3n) is 5.36. The lowest BCUT2D eigenvalue weighted by atomic mass is 10.1. The van der Waals surface area contributed by atoms with Gasteiger partial charge in [0.2, 0.25) is 17.7 Å². The number of nitrogens with one attached hydrogen (secondary N) is 1. The highest BCUT2D eigenvalue weighted by Gasteiger charge is 2.28. The molecule has 1 aromatic carbocycles. The Bertz CT molecular complexity index is 776. The van der Waals surface area contributed by atoms with Gasteiger partial charge in [-0.3, -0.25) is 14.6 Å². The lowest BCUT2D eigenvalue weighted by Gasteiger charge is -2.36. The Labute approximate surface area is 159 Å². The van der Waals surface area contributed by atoms with Crippen molar-refractivity contribution in [3.63, 3.8) is 0 Å². The molecular formula is C20H27N5O2. The van der Waals surface area contributed by atoms with Crippen LogP contribution in [0.4, 0.5) is 0 Å². The summed E-state index contributed by atoms with van der Waals surface area (Å²) < 4.78 is 5.93. The van der Waals surface area contributed by atoms with Crippen LogP contribution in [0.5, 0.6) is 0 Å². The number of aromatic nitrogens is 2. The third-order valence-corrected chi connectivity index (χ3v) is 5.36. The predicted octanol–water partition coefficient (Wildman–Crippen LogP) is 2.00. The topological polar surface area (TPSA) is 74.5 Å². The fourth-order valence-corrected chi connectivity index (χ4v) is 3.39. The number of amides is 1. The van der Waals surface area contributed by atoms with Gasteiger partial charge in [-0.25, -0.2) is 0 Å². The van der Waals surface area contributed by atoms with Gasteiger partial charge in [0.05, 0.1) is 12.6 Å². The second kappa shape index (κ2) is 7.78. The molecule has 1 aliphatic carbocycles. The van der Waals surface area contributed by atoms with Crippen molar-refractivity contribution in [3.05, 3.63) is 35.7 Å². The van der Waals surface area contributed by atoms with Crippen LogP contribution < -0.4 is 5.32 Å². The van der Waals surface area contributed by atoms with E-state index in [1.54, 1.807) is 0 Å². The van der Waals surface area contributed by atoms with Crippen LogP contribution >= 0.6 is 0 Å². The normalized spacial score (nSPS) is 19.8. The van der Waals surface area contributed by atoms with Gasteiger partial charge in [0.1, 0.15) is 0 Å². The van der Waals surface area contributed by atoms with E-state index in [1.807, 2.05) is 24.3 Å². The van der Waals surface area contributed by atoms with Crippen molar-refractivity contribution >= 4 is 5.91 Å². The molecule has 7 heteroatoms. The largest absolute Gasteiger partial charge is 0.419 e. The molecule has 1 saturated carbocycles. The number of carbonyl (C=O) groups excluding carboxylic acids is 1. The van der Waals surface area contributed by atoms with Gasteiger partial charge in [0.25, 0.3) is 0 Å². The van der Waals surface area contributed by atoms with Crippen LogP contribution in [0.3, 0.4) is 0 Å². The molecule has 1 saturated heterocycles. The van der Waals surface area contributed by atoms with Gasteiger partial charge in [0, 0.05) is 37.8 Å². The number of hydrogen-bond donors (Lipinski definition) is 1. The zero-order chi connectivity index (χ0) is 18.8. The van der Waals surface area contributed by atoms with E-state index in [9.17, 15) is 4.79 Å². The van der Waals surface area contributed by atoms with Crippen molar-refractivity contribution < 1.29 is 9.21 Å². The molecule has 1 unspecified atom stereocenters. The first-order valence-electron chi connectivity index (χ1n) is 9.75. The fraction of sp³-hybridized carbons (Fsp3) is 0.550. The quantitative estimate of drug-likeness (QED) is 0.840. The molecule has 4 rings (SSSR count). The van der Waals surface area contributed by atoms with Crippen LogP contribution in [0.2, 0.25) is 0 Å². The molecule has 7 nitrogen and oxygen atoms in total. The molecule has 0 spiro atoms. The maximum Gasteiger partial charge on any atom is 0.247 e. The number of carbonyl (C=O) groups is 1. The van der Waals surface area contributed by atoms with Crippen LogP contribution in [0.1, 0.15) is 37.3 Å². The van der Waals surface area contributed by atoms with Crippen molar-refractivity contribution in [2.24, 2.45) is 0 Å². The van der Waals surface area contributed by atoms with Crippen LogP contribution in [0.25, 0.3) is 11.5 Å². The highest BCUT2D eigenvalue weighted by atomic mass is 16.4. The summed E-state index contributed by atoms with van der Waals surface area (Å²) in [6.07, 6.45) is 2.26. The summed E-state index contributed by atoms with van der Waals surface area (Å²) in [4.78, 5) is 16.5. The molecule has 2 fully saturated rings. The summed E-state index contributed by atoms with van der Waals surface area (Å²) in [5, 5.41) is 11.5. The second-order valence-corrected chi connectivity index (χ2v) is 7.64. The van der Waals surface area contributed by atoms with E-state index in [0.717, 1.165) is 44.6 Å². The minimum atomic E-state index is 0.0686. The Morgan fingerprint density at radius 2 is 1.89 bits per heavy atom. The Morgan fingerprint density at radius 3 is 2.56 bits per heavy atom. The van der Waals surface area contributed by atoms with Gasteiger partial charge in [-0.15, -0.1) is 10.2 Å².